The Kier molecular flexibility index (Phi) is 3.00. The third-order valence-corrected chi connectivity index (χ3v) is 2.27. The maximum absolute atomic E-state index is 5.97. The Morgan fingerprint density at radius 1 is 1.21 bits per heavy atom. The largest absolute Gasteiger partial charge is 0.481 e. The Hall–Kier alpha value is -0.830. The van der Waals surface area contributed by atoms with E-state index in [0.29, 0.717) is 16.9 Å². The minimum absolute atomic E-state index is 0.120. The van der Waals surface area contributed by atoms with Gasteiger partial charge in [0, 0.05) is 11.0 Å². The van der Waals surface area contributed by atoms with Crippen molar-refractivity contribution in [3.63, 3.8) is 0 Å². The molecule has 3 nitrogen and oxygen atoms in total. The van der Waals surface area contributed by atoms with Gasteiger partial charge in [0.25, 0.3) is 0 Å². The van der Waals surface area contributed by atoms with Crippen LogP contribution in [0.2, 0.25) is 5.15 Å². The Labute approximate surface area is 89.5 Å². The van der Waals surface area contributed by atoms with E-state index in [9.17, 15) is 0 Å². The molecule has 78 valence electrons. The first-order valence-corrected chi connectivity index (χ1v) is 4.82. The molecule has 0 atom stereocenters. The van der Waals surface area contributed by atoms with Gasteiger partial charge in [-0.1, -0.05) is 32.4 Å². The van der Waals surface area contributed by atoms with E-state index in [1.165, 1.54) is 0 Å². The summed E-state index contributed by atoms with van der Waals surface area (Å²) < 4.78 is 5.13. The molecule has 0 spiro atoms. The number of hydrogen-bond acceptors (Lipinski definition) is 3. The molecule has 0 N–H and O–H groups in total. The van der Waals surface area contributed by atoms with E-state index in [-0.39, 0.29) is 5.41 Å². The van der Waals surface area contributed by atoms with E-state index >= 15 is 0 Å². The van der Waals surface area contributed by atoms with Crippen molar-refractivity contribution in [3.05, 3.63) is 16.5 Å². The van der Waals surface area contributed by atoms with Crippen LogP contribution in [0.15, 0.2) is 0 Å². The molecule has 0 aliphatic rings. The zero-order valence-corrected chi connectivity index (χ0v) is 9.94. The summed E-state index contributed by atoms with van der Waals surface area (Å²) >= 11 is 5.97. The van der Waals surface area contributed by atoms with Gasteiger partial charge in [-0.05, 0) is 6.92 Å². The lowest BCUT2D eigenvalue weighted by Crippen LogP contribution is -2.17. The number of rotatable bonds is 1. The van der Waals surface area contributed by atoms with Crippen LogP contribution in [0, 0.1) is 6.92 Å². The second kappa shape index (κ2) is 3.73. The van der Waals surface area contributed by atoms with E-state index in [2.05, 4.69) is 9.97 Å². The minimum Gasteiger partial charge on any atom is -0.481 e. The van der Waals surface area contributed by atoms with Gasteiger partial charge in [0.2, 0.25) is 5.88 Å². The van der Waals surface area contributed by atoms with E-state index in [0.717, 1.165) is 5.56 Å². The van der Waals surface area contributed by atoms with Crippen molar-refractivity contribution >= 4 is 11.6 Å². The fraction of sp³-hybridized carbons (Fsp3) is 0.600. The highest BCUT2D eigenvalue weighted by Crippen LogP contribution is 2.26. The van der Waals surface area contributed by atoms with Gasteiger partial charge in [0.15, 0.2) is 0 Å². The monoisotopic (exact) mass is 214 g/mol. The fourth-order valence-electron chi connectivity index (χ4n) is 1.00. The molecule has 1 heterocycles. The summed E-state index contributed by atoms with van der Waals surface area (Å²) in [6, 6.07) is 0. The molecular formula is C10H15ClN2O. The Bertz CT molecular complexity index is 345. The van der Waals surface area contributed by atoms with E-state index < -0.39 is 0 Å². The first-order valence-electron chi connectivity index (χ1n) is 4.45. The molecule has 0 aliphatic carbocycles. The molecular weight excluding hydrogens is 200 g/mol. The van der Waals surface area contributed by atoms with Crippen LogP contribution in [-0.4, -0.2) is 17.1 Å². The topological polar surface area (TPSA) is 35.0 Å². The maximum Gasteiger partial charge on any atom is 0.220 e. The molecule has 0 saturated carbocycles. The van der Waals surface area contributed by atoms with Crippen molar-refractivity contribution in [2.45, 2.75) is 33.1 Å². The van der Waals surface area contributed by atoms with Crippen LogP contribution in [0.25, 0.3) is 0 Å². The van der Waals surface area contributed by atoms with Crippen molar-refractivity contribution in [3.8, 4) is 5.88 Å². The number of ether oxygens (including phenoxy) is 1. The van der Waals surface area contributed by atoms with Crippen LogP contribution in [-0.2, 0) is 5.41 Å². The second-order valence-corrected chi connectivity index (χ2v) is 4.58. The van der Waals surface area contributed by atoms with Crippen LogP contribution in [0.1, 0.15) is 32.2 Å². The Balaban J connectivity index is 3.30. The average Bonchev–Trinajstić information content (AvgIpc) is 2.07. The lowest BCUT2D eigenvalue weighted by Gasteiger charge is -2.18. The van der Waals surface area contributed by atoms with E-state index in [1.54, 1.807) is 7.11 Å². The summed E-state index contributed by atoms with van der Waals surface area (Å²) in [5.41, 5.74) is 0.659. The number of nitrogens with zero attached hydrogens (tertiary/aromatic N) is 2. The summed E-state index contributed by atoms with van der Waals surface area (Å²) in [5, 5.41) is 0.460. The molecule has 0 radical (unpaired) electrons. The SMILES string of the molecule is COc1nc(C(C)(C)C)nc(Cl)c1C. The van der Waals surface area contributed by atoms with Gasteiger partial charge in [-0.25, -0.2) is 4.98 Å². The second-order valence-electron chi connectivity index (χ2n) is 4.22. The molecule has 1 rings (SSSR count). The number of hydrogen-bond donors (Lipinski definition) is 0. The lowest BCUT2D eigenvalue weighted by atomic mass is 9.96. The molecule has 0 amide bonds. The predicted octanol–water partition coefficient (Wildman–Crippen LogP) is 2.74. The van der Waals surface area contributed by atoms with Crippen molar-refractivity contribution in [1.82, 2.24) is 9.97 Å². The fourth-order valence-corrected chi connectivity index (χ4v) is 1.17. The zero-order valence-electron chi connectivity index (χ0n) is 9.18. The lowest BCUT2D eigenvalue weighted by molar-refractivity contribution is 0.385. The van der Waals surface area contributed by atoms with Crippen LogP contribution >= 0.6 is 11.6 Å². The molecule has 14 heavy (non-hydrogen) atoms. The van der Waals surface area contributed by atoms with Crippen LogP contribution < -0.4 is 4.74 Å². The van der Waals surface area contributed by atoms with E-state index in [4.69, 9.17) is 16.3 Å². The van der Waals surface area contributed by atoms with Gasteiger partial charge in [0.05, 0.1) is 7.11 Å². The third-order valence-electron chi connectivity index (χ3n) is 1.91. The first-order chi connectivity index (χ1) is 6.36. The number of methoxy groups -OCH3 is 1. The van der Waals surface area contributed by atoms with Crippen LogP contribution in [0.5, 0.6) is 5.88 Å². The standard InChI is InChI=1S/C10H15ClN2O/c1-6-7(11)12-9(10(2,3)4)13-8(6)14-5/h1-5H3. The highest BCUT2D eigenvalue weighted by Gasteiger charge is 2.20. The van der Waals surface area contributed by atoms with Crippen molar-refractivity contribution in [2.75, 3.05) is 7.11 Å². The summed E-state index contributed by atoms with van der Waals surface area (Å²) in [6.45, 7) is 7.95. The third kappa shape index (κ3) is 2.15. The molecule has 0 aromatic carbocycles. The molecule has 1 aromatic rings. The Morgan fingerprint density at radius 3 is 2.21 bits per heavy atom. The highest BCUT2D eigenvalue weighted by atomic mass is 35.5. The van der Waals surface area contributed by atoms with Crippen molar-refractivity contribution < 1.29 is 4.74 Å². The molecule has 1 aromatic heterocycles. The normalized spacial score (nSPS) is 11.6. The summed E-state index contributed by atoms with van der Waals surface area (Å²) in [7, 11) is 1.58. The van der Waals surface area contributed by atoms with Crippen LogP contribution in [0.4, 0.5) is 0 Å². The highest BCUT2D eigenvalue weighted by molar-refractivity contribution is 6.30. The minimum atomic E-state index is -0.120. The van der Waals surface area contributed by atoms with Crippen molar-refractivity contribution in [1.29, 1.82) is 0 Å². The van der Waals surface area contributed by atoms with Gasteiger partial charge in [-0.15, -0.1) is 0 Å². The molecule has 0 fully saturated rings. The summed E-state index contributed by atoms with van der Waals surface area (Å²) in [6.07, 6.45) is 0. The molecule has 4 heteroatoms. The van der Waals surface area contributed by atoms with Gasteiger partial charge >= 0.3 is 0 Å². The van der Waals surface area contributed by atoms with Crippen LogP contribution in [0.3, 0.4) is 0 Å². The number of aromatic nitrogens is 2. The quantitative estimate of drug-likeness (QED) is 0.675. The molecule has 0 saturated heterocycles. The number of halogens is 1. The predicted molar refractivity (Wildman–Crippen MR) is 57.0 cm³/mol. The van der Waals surface area contributed by atoms with E-state index in [1.807, 2.05) is 27.7 Å². The first kappa shape index (κ1) is 11.2. The average molecular weight is 215 g/mol. The van der Waals surface area contributed by atoms with Gasteiger partial charge in [0.1, 0.15) is 11.0 Å². The van der Waals surface area contributed by atoms with Gasteiger partial charge in [-0.3, -0.25) is 0 Å². The van der Waals surface area contributed by atoms with Gasteiger partial charge in [-0.2, -0.15) is 4.98 Å². The van der Waals surface area contributed by atoms with Gasteiger partial charge < -0.3 is 4.74 Å². The molecule has 0 unspecified atom stereocenters. The Morgan fingerprint density at radius 2 is 1.79 bits per heavy atom. The zero-order chi connectivity index (χ0) is 10.9. The maximum atomic E-state index is 5.97. The molecule has 0 bridgehead atoms. The summed E-state index contributed by atoms with van der Waals surface area (Å²) in [5.74, 6) is 1.25. The summed E-state index contributed by atoms with van der Waals surface area (Å²) in [4.78, 5) is 8.53. The smallest absolute Gasteiger partial charge is 0.220 e. The molecule has 0 aliphatic heterocycles. The van der Waals surface area contributed by atoms with Crippen molar-refractivity contribution in [2.24, 2.45) is 0 Å².